The first-order chi connectivity index (χ1) is 4.29. The standard InChI is InChI=1S/C7H16N2/c1-8-4-3-5-9(2)7-6-8/h8H,1,3-7H2,2H3. The van der Waals surface area contributed by atoms with Crippen LogP contribution < -0.4 is 4.90 Å². The highest BCUT2D eigenvalue weighted by atomic mass is 15.2. The van der Waals surface area contributed by atoms with Gasteiger partial charge in [-0.25, -0.2) is 0 Å². The second-order valence-corrected chi connectivity index (χ2v) is 2.91. The third-order valence-electron chi connectivity index (χ3n) is 1.92. The summed E-state index contributed by atoms with van der Waals surface area (Å²) in [6.07, 6.45) is 1.30. The van der Waals surface area contributed by atoms with E-state index < -0.39 is 0 Å². The lowest BCUT2D eigenvalue weighted by Crippen LogP contribution is -3.07. The van der Waals surface area contributed by atoms with Crippen LogP contribution in [0.5, 0.6) is 0 Å². The van der Waals surface area contributed by atoms with Crippen LogP contribution in [0.15, 0.2) is 0 Å². The Morgan fingerprint density at radius 1 is 1.33 bits per heavy atom. The monoisotopic (exact) mass is 128 g/mol. The van der Waals surface area contributed by atoms with Gasteiger partial charge in [-0.15, -0.1) is 0 Å². The number of hydrogen-bond donors (Lipinski definition) is 1. The van der Waals surface area contributed by atoms with E-state index in [1.54, 1.807) is 0 Å². The molecule has 1 heterocycles. The summed E-state index contributed by atoms with van der Waals surface area (Å²) in [5, 5.41) is 0. The first-order valence-electron chi connectivity index (χ1n) is 3.64. The van der Waals surface area contributed by atoms with Crippen molar-refractivity contribution >= 4 is 0 Å². The third kappa shape index (κ3) is 2.33. The fourth-order valence-corrected chi connectivity index (χ4v) is 1.18. The summed E-state index contributed by atoms with van der Waals surface area (Å²) in [5.74, 6) is 0. The average Bonchev–Trinajstić information content (AvgIpc) is 1.97. The fourth-order valence-electron chi connectivity index (χ4n) is 1.18. The highest BCUT2D eigenvalue weighted by molar-refractivity contribution is 4.52. The summed E-state index contributed by atoms with van der Waals surface area (Å²) >= 11 is 0. The number of likely N-dealkylation sites (N-methyl/N-ethyl adjacent to an activating group) is 1. The number of hydrogen-bond acceptors (Lipinski definition) is 1. The van der Waals surface area contributed by atoms with Crippen LogP contribution in [0.3, 0.4) is 0 Å². The van der Waals surface area contributed by atoms with E-state index in [2.05, 4.69) is 19.0 Å². The molecule has 9 heavy (non-hydrogen) atoms. The Kier molecular flexibility index (Phi) is 2.49. The summed E-state index contributed by atoms with van der Waals surface area (Å²) in [6, 6.07) is 0. The first-order valence-corrected chi connectivity index (χ1v) is 3.64. The van der Waals surface area contributed by atoms with Gasteiger partial charge in [-0.2, -0.15) is 7.05 Å². The third-order valence-corrected chi connectivity index (χ3v) is 1.92. The predicted octanol–water partition coefficient (Wildman–Crippen LogP) is -1.00. The molecule has 1 N–H and O–H groups in total. The summed E-state index contributed by atoms with van der Waals surface area (Å²) in [5.41, 5.74) is 0. The molecule has 0 amide bonds. The molecule has 1 saturated heterocycles. The van der Waals surface area contributed by atoms with Gasteiger partial charge < -0.3 is 9.80 Å². The van der Waals surface area contributed by atoms with E-state index in [0.717, 1.165) is 0 Å². The van der Waals surface area contributed by atoms with Crippen LogP contribution in [0.2, 0.25) is 0 Å². The van der Waals surface area contributed by atoms with Gasteiger partial charge in [0.25, 0.3) is 0 Å². The lowest BCUT2D eigenvalue weighted by molar-refractivity contribution is -0.851. The van der Waals surface area contributed by atoms with Crippen molar-refractivity contribution < 1.29 is 4.90 Å². The average molecular weight is 128 g/mol. The minimum absolute atomic E-state index is 1.20. The van der Waals surface area contributed by atoms with Gasteiger partial charge in [0.15, 0.2) is 0 Å². The number of nitrogens with one attached hydrogen (secondary N) is 1. The molecule has 54 valence electrons. The van der Waals surface area contributed by atoms with Gasteiger partial charge in [-0.1, -0.05) is 0 Å². The molecule has 0 aromatic carbocycles. The van der Waals surface area contributed by atoms with Crippen molar-refractivity contribution in [3.63, 3.8) is 0 Å². The van der Waals surface area contributed by atoms with Crippen molar-refractivity contribution in [3.8, 4) is 0 Å². The molecule has 0 saturated carbocycles. The molecule has 0 aliphatic carbocycles. The van der Waals surface area contributed by atoms with Crippen LogP contribution >= 0.6 is 0 Å². The van der Waals surface area contributed by atoms with Crippen LogP contribution in [0.1, 0.15) is 6.42 Å². The van der Waals surface area contributed by atoms with E-state index in [9.17, 15) is 0 Å². The van der Waals surface area contributed by atoms with Crippen LogP contribution in [0, 0.1) is 7.05 Å². The van der Waals surface area contributed by atoms with E-state index in [0.29, 0.717) is 0 Å². The molecule has 0 aromatic heterocycles. The van der Waals surface area contributed by atoms with Crippen LogP contribution in [-0.2, 0) is 0 Å². The molecule has 0 spiro atoms. The molecular formula is C7H16N2. The number of rotatable bonds is 0. The maximum Gasteiger partial charge on any atom is 0.0659 e. The Bertz CT molecular complexity index is 73.0. The molecule has 2 heteroatoms. The van der Waals surface area contributed by atoms with Crippen LogP contribution in [-0.4, -0.2) is 38.1 Å². The van der Waals surface area contributed by atoms with Gasteiger partial charge in [0, 0.05) is 19.5 Å². The Morgan fingerprint density at radius 2 is 2.11 bits per heavy atom. The number of quaternary nitrogens is 1. The van der Waals surface area contributed by atoms with Gasteiger partial charge in [0.2, 0.25) is 0 Å². The molecule has 2 nitrogen and oxygen atoms in total. The highest BCUT2D eigenvalue weighted by Gasteiger charge is 2.06. The second-order valence-electron chi connectivity index (χ2n) is 2.91. The van der Waals surface area contributed by atoms with Gasteiger partial charge in [0.1, 0.15) is 0 Å². The Labute approximate surface area is 57.4 Å². The lowest BCUT2D eigenvalue weighted by atomic mass is 10.4. The van der Waals surface area contributed by atoms with Gasteiger partial charge in [-0.05, 0) is 7.05 Å². The largest absolute Gasteiger partial charge is 0.467 e. The van der Waals surface area contributed by atoms with E-state index >= 15 is 0 Å². The van der Waals surface area contributed by atoms with Crippen molar-refractivity contribution in [2.45, 2.75) is 6.42 Å². The Morgan fingerprint density at radius 3 is 2.89 bits per heavy atom. The smallest absolute Gasteiger partial charge is 0.0659 e. The zero-order chi connectivity index (χ0) is 6.69. The van der Waals surface area contributed by atoms with Gasteiger partial charge in [0.05, 0.1) is 13.1 Å². The minimum atomic E-state index is 1.20. The molecule has 1 fully saturated rings. The normalized spacial score (nSPS) is 32.0. The van der Waals surface area contributed by atoms with Crippen molar-refractivity contribution in [1.29, 1.82) is 0 Å². The zero-order valence-electron chi connectivity index (χ0n) is 6.19. The first kappa shape index (κ1) is 7.03. The Balaban J connectivity index is 2.25. The van der Waals surface area contributed by atoms with Gasteiger partial charge in [-0.3, -0.25) is 0 Å². The van der Waals surface area contributed by atoms with Crippen molar-refractivity contribution in [1.82, 2.24) is 4.90 Å². The molecule has 1 rings (SSSR count). The van der Waals surface area contributed by atoms with E-state index in [4.69, 9.17) is 0 Å². The van der Waals surface area contributed by atoms with Gasteiger partial charge >= 0.3 is 0 Å². The summed E-state index contributed by atoms with van der Waals surface area (Å²) < 4.78 is 0. The molecule has 1 aliphatic heterocycles. The topological polar surface area (TPSA) is 7.68 Å². The Hall–Kier alpha value is -0.0800. The molecule has 1 atom stereocenters. The lowest BCUT2D eigenvalue weighted by Gasteiger charge is -2.17. The zero-order valence-corrected chi connectivity index (χ0v) is 6.19. The quantitative estimate of drug-likeness (QED) is 0.411. The van der Waals surface area contributed by atoms with E-state index in [1.807, 2.05) is 0 Å². The maximum absolute atomic E-state index is 3.98. The molecule has 0 radical (unpaired) electrons. The predicted molar refractivity (Wildman–Crippen MR) is 38.2 cm³/mol. The molecule has 0 bridgehead atoms. The van der Waals surface area contributed by atoms with Crippen LogP contribution in [0.4, 0.5) is 0 Å². The van der Waals surface area contributed by atoms with E-state index in [-0.39, 0.29) is 0 Å². The molecule has 1 unspecified atom stereocenters. The maximum atomic E-state index is 3.98. The van der Waals surface area contributed by atoms with Crippen LogP contribution in [0.25, 0.3) is 0 Å². The number of nitrogens with zero attached hydrogens (tertiary/aromatic N) is 1. The second kappa shape index (κ2) is 3.18. The molecular weight excluding hydrogens is 112 g/mol. The van der Waals surface area contributed by atoms with Crippen molar-refractivity contribution in [2.24, 2.45) is 0 Å². The molecule has 1 aliphatic rings. The van der Waals surface area contributed by atoms with Crippen molar-refractivity contribution in [2.75, 3.05) is 33.2 Å². The highest BCUT2D eigenvalue weighted by Crippen LogP contribution is 1.85. The summed E-state index contributed by atoms with van der Waals surface area (Å²) in [4.78, 5) is 3.80. The SMILES string of the molecule is [CH2-][NH+]1CCCN(C)CC1. The summed E-state index contributed by atoms with van der Waals surface area (Å²) in [6.45, 7) is 4.90. The van der Waals surface area contributed by atoms with E-state index in [1.165, 1.54) is 37.5 Å². The fraction of sp³-hybridized carbons (Fsp3) is 0.857. The molecule has 0 aromatic rings. The summed E-state index contributed by atoms with van der Waals surface area (Å²) in [7, 11) is 6.16. The van der Waals surface area contributed by atoms with Crippen molar-refractivity contribution in [3.05, 3.63) is 7.05 Å². The minimum Gasteiger partial charge on any atom is -0.467 e.